The molecule has 0 saturated heterocycles. The molecule has 6 heteroatoms. The van der Waals surface area contributed by atoms with E-state index in [1.54, 1.807) is 18.2 Å². The maximum absolute atomic E-state index is 13.8. The molecule has 19 heavy (non-hydrogen) atoms. The van der Waals surface area contributed by atoms with E-state index in [0.717, 1.165) is 4.90 Å². The first kappa shape index (κ1) is 14.6. The van der Waals surface area contributed by atoms with E-state index in [9.17, 15) is 8.78 Å². The first-order valence-corrected chi connectivity index (χ1v) is 7.45. The summed E-state index contributed by atoms with van der Waals surface area (Å²) in [7, 11) is 0. The summed E-state index contributed by atoms with van der Waals surface area (Å²) in [5, 5.41) is 0.431. The van der Waals surface area contributed by atoms with Crippen LogP contribution in [0.2, 0.25) is 5.02 Å². The average molecular weight is 365 g/mol. The third-order valence-corrected chi connectivity index (χ3v) is 4.45. The molecule has 100 valence electrons. The van der Waals surface area contributed by atoms with Crippen LogP contribution in [0.1, 0.15) is 5.56 Å². The van der Waals surface area contributed by atoms with E-state index in [4.69, 9.17) is 17.3 Å². The summed E-state index contributed by atoms with van der Waals surface area (Å²) in [5.74, 6) is -0.957. The number of hydrogen-bond donors (Lipinski definition) is 1. The Morgan fingerprint density at radius 2 is 1.95 bits per heavy atom. The van der Waals surface area contributed by atoms with Crippen molar-refractivity contribution < 1.29 is 8.78 Å². The molecule has 2 aromatic rings. The summed E-state index contributed by atoms with van der Waals surface area (Å²) in [4.78, 5) is 0.804. The molecule has 2 rings (SSSR count). The second kappa shape index (κ2) is 6.11. The highest BCUT2D eigenvalue weighted by molar-refractivity contribution is 9.10. The fraction of sp³-hybridized carbons (Fsp3) is 0.0769. The third kappa shape index (κ3) is 3.41. The lowest BCUT2D eigenvalue weighted by Crippen LogP contribution is -1.94. The quantitative estimate of drug-likeness (QED) is 0.457. The summed E-state index contributed by atoms with van der Waals surface area (Å²) in [5.41, 5.74) is 6.11. The molecular weight excluding hydrogens is 356 g/mol. The largest absolute Gasteiger partial charge is 0.398 e. The molecule has 0 radical (unpaired) electrons. The lowest BCUT2D eigenvalue weighted by atomic mass is 10.2. The molecule has 0 aromatic heterocycles. The van der Waals surface area contributed by atoms with Crippen LogP contribution in [0.25, 0.3) is 0 Å². The lowest BCUT2D eigenvalue weighted by molar-refractivity contribution is 0.562. The minimum absolute atomic E-state index is 0.0346. The minimum atomic E-state index is -0.575. The first-order valence-electron chi connectivity index (χ1n) is 5.29. The number of benzene rings is 2. The Hall–Kier alpha value is -0.780. The molecule has 0 aliphatic rings. The Morgan fingerprint density at radius 1 is 1.21 bits per heavy atom. The SMILES string of the molecule is Nc1ccc(SCc2c(F)ccc(Br)c2F)cc1Cl. The molecule has 0 aliphatic carbocycles. The summed E-state index contributed by atoms with van der Waals surface area (Å²) in [6, 6.07) is 7.69. The van der Waals surface area contributed by atoms with Crippen LogP contribution in [0, 0.1) is 11.6 Å². The van der Waals surface area contributed by atoms with Gasteiger partial charge in [-0.25, -0.2) is 8.78 Å². The van der Waals surface area contributed by atoms with Gasteiger partial charge in [-0.05, 0) is 46.3 Å². The number of halogens is 4. The molecule has 0 fully saturated rings. The van der Waals surface area contributed by atoms with Crippen molar-refractivity contribution in [3.63, 3.8) is 0 Å². The van der Waals surface area contributed by atoms with E-state index in [2.05, 4.69) is 15.9 Å². The predicted octanol–water partition coefficient (Wildman–Crippen LogP) is 5.26. The van der Waals surface area contributed by atoms with Crippen molar-refractivity contribution in [2.75, 3.05) is 5.73 Å². The molecule has 0 heterocycles. The van der Waals surface area contributed by atoms with E-state index >= 15 is 0 Å². The molecule has 0 spiro atoms. The van der Waals surface area contributed by atoms with Crippen molar-refractivity contribution in [2.24, 2.45) is 0 Å². The molecule has 0 bridgehead atoms. The minimum Gasteiger partial charge on any atom is -0.398 e. The molecule has 0 aliphatic heterocycles. The fourth-order valence-corrected chi connectivity index (χ4v) is 3.01. The second-order valence-electron chi connectivity index (χ2n) is 3.79. The van der Waals surface area contributed by atoms with Crippen molar-refractivity contribution in [2.45, 2.75) is 10.6 Å². The van der Waals surface area contributed by atoms with Gasteiger partial charge < -0.3 is 5.73 Å². The standard InChI is InChI=1S/C13H9BrClF2NS/c14-9-2-3-11(16)8(13(9)17)6-19-7-1-4-12(18)10(15)5-7/h1-5H,6,18H2. The molecule has 0 amide bonds. The maximum atomic E-state index is 13.8. The molecule has 0 unspecified atom stereocenters. The van der Waals surface area contributed by atoms with Crippen molar-refractivity contribution >= 4 is 45.0 Å². The van der Waals surface area contributed by atoms with Crippen LogP contribution in [0.15, 0.2) is 39.7 Å². The zero-order valence-electron chi connectivity index (χ0n) is 9.59. The van der Waals surface area contributed by atoms with Gasteiger partial charge in [-0.2, -0.15) is 0 Å². The molecule has 2 N–H and O–H groups in total. The number of anilines is 1. The second-order valence-corrected chi connectivity index (χ2v) is 6.10. The summed E-state index contributed by atoms with van der Waals surface area (Å²) >= 11 is 10.2. The van der Waals surface area contributed by atoms with E-state index < -0.39 is 11.6 Å². The van der Waals surface area contributed by atoms with Gasteiger partial charge in [0.05, 0.1) is 15.2 Å². The van der Waals surface area contributed by atoms with E-state index in [1.807, 2.05) is 0 Å². The average Bonchev–Trinajstić information content (AvgIpc) is 2.38. The van der Waals surface area contributed by atoms with Crippen molar-refractivity contribution in [1.82, 2.24) is 0 Å². The van der Waals surface area contributed by atoms with Gasteiger partial charge in [0.2, 0.25) is 0 Å². The van der Waals surface area contributed by atoms with Gasteiger partial charge in [-0.3, -0.25) is 0 Å². The molecule has 2 aromatic carbocycles. The maximum Gasteiger partial charge on any atom is 0.144 e. The monoisotopic (exact) mass is 363 g/mol. The normalized spacial score (nSPS) is 10.7. The van der Waals surface area contributed by atoms with Crippen LogP contribution in [0.4, 0.5) is 14.5 Å². The highest BCUT2D eigenvalue weighted by Crippen LogP contribution is 2.31. The van der Waals surface area contributed by atoms with Crippen LogP contribution in [-0.2, 0) is 5.75 Å². The van der Waals surface area contributed by atoms with Crippen molar-refractivity contribution in [1.29, 1.82) is 0 Å². The highest BCUT2D eigenvalue weighted by atomic mass is 79.9. The van der Waals surface area contributed by atoms with Gasteiger partial charge in [0.1, 0.15) is 11.6 Å². The number of hydrogen-bond acceptors (Lipinski definition) is 2. The Balaban J connectivity index is 2.19. The van der Waals surface area contributed by atoms with Gasteiger partial charge >= 0.3 is 0 Å². The van der Waals surface area contributed by atoms with Crippen LogP contribution in [-0.4, -0.2) is 0 Å². The van der Waals surface area contributed by atoms with Crippen LogP contribution >= 0.6 is 39.3 Å². The van der Waals surface area contributed by atoms with Gasteiger partial charge in [0.15, 0.2) is 0 Å². The van der Waals surface area contributed by atoms with E-state index in [1.165, 1.54) is 23.9 Å². The lowest BCUT2D eigenvalue weighted by Gasteiger charge is -2.07. The Labute approximate surface area is 127 Å². The zero-order chi connectivity index (χ0) is 14.0. The fourth-order valence-electron chi connectivity index (χ4n) is 1.45. The Bertz CT molecular complexity index is 622. The van der Waals surface area contributed by atoms with E-state index in [0.29, 0.717) is 10.7 Å². The topological polar surface area (TPSA) is 26.0 Å². The number of rotatable bonds is 3. The molecule has 0 atom stereocenters. The Kier molecular flexibility index (Phi) is 4.71. The van der Waals surface area contributed by atoms with Crippen molar-refractivity contribution in [3.05, 3.63) is 57.0 Å². The van der Waals surface area contributed by atoms with Gasteiger partial charge in [0, 0.05) is 16.2 Å². The van der Waals surface area contributed by atoms with E-state index in [-0.39, 0.29) is 15.8 Å². The van der Waals surface area contributed by atoms with Crippen molar-refractivity contribution in [3.8, 4) is 0 Å². The third-order valence-electron chi connectivity index (χ3n) is 2.49. The van der Waals surface area contributed by atoms with Gasteiger partial charge in [-0.1, -0.05) is 11.6 Å². The van der Waals surface area contributed by atoms with Crippen LogP contribution in [0.3, 0.4) is 0 Å². The molecular formula is C13H9BrClF2NS. The first-order chi connectivity index (χ1) is 8.99. The zero-order valence-corrected chi connectivity index (χ0v) is 12.7. The number of nitrogens with two attached hydrogens (primary N) is 1. The smallest absolute Gasteiger partial charge is 0.144 e. The van der Waals surface area contributed by atoms with Gasteiger partial charge in [-0.15, -0.1) is 11.8 Å². The summed E-state index contributed by atoms with van der Waals surface area (Å²) < 4.78 is 27.6. The predicted molar refractivity (Wildman–Crippen MR) is 79.5 cm³/mol. The molecule has 1 nitrogen and oxygen atoms in total. The number of thioether (sulfide) groups is 1. The molecule has 0 saturated carbocycles. The Morgan fingerprint density at radius 3 is 2.63 bits per heavy atom. The summed E-state index contributed by atoms with van der Waals surface area (Å²) in [6.45, 7) is 0. The summed E-state index contributed by atoms with van der Waals surface area (Å²) in [6.07, 6.45) is 0. The number of nitrogen functional groups attached to an aromatic ring is 1. The van der Waals surface area contributed by atoms with Crippen LogP contribution < -0.4 is 5.73 Å². The van der Waals surface area contributed by atoms with Gasteiger partial charge in [0.25, 0.3) is 0 Å². The van der Waals surface area contributed by atoms with Crippen LogP contribution in [0.5, 0.6) is 0 Å². The highest BCUT2D eigenvalue weighted by Gasteiger charge is 2.12.